The molecule has 1 aromatic carbocycles. The molecule has 21 heavy (non-hydrogen) atoms. The predicted molar refractivity (Wildman–Crippen MR) is 85.6 cm³/mol. The van der Waals surface area contributed by atoms with Crippen molar-refractivity contribution in [3.8, 4) is 5.69 Å². The smallest absolute Gasteiger partial charge is 0.255 e. The first-order valence-corrected chi connectivity index (χ1v) is 7.83. The van der Waals surface area contributed by atoms with Crippen LogP contribution in [-0.2, 0) is 10.2 Å². The summed E-state index contributed by atoms with van der Waals surface area (Å²) in [7, 11) is 0. The molecule has 4 heteroatoms. The van der Waals surface area contributed by atoms with Crippen LogP contribution in [0.4, 0.5) is 0 Å². The highest BCUT2D eigenvalue weighted by atomic mass is 32.1. The van der Waals surface area contributed by atoms with Crippen LogP contribution in [0.15, 0.2) is 52.8 Å². The van der Waals surface area contributed by atoms with E-state index in [1.165, 1.54) is 4.70 Å². The van der Waals surface area contributed by atoms with Crippen molar-refractivity contribution < 1.29 is 4.74 Å². The number of hydrogen-bond donors (Lipinski definition) is 0. The Morgan fingerprint density at radius 2 is 2.00 bits per heavy atom. The first kappa shape index (κ1) is 12.8. The van der Waals surface area contributed by atoms with E-state index in [4.69, 9.17) is 4.74 Å². The van der Waals surface area contributed by atoms with Crippen LogP contribution < -0.4 is 5.56 Å². The molecule has 0 aliphatic carbocycles. The average molecular weight is 297 g/mol. The molecule has 0 N–H and O–H groups in total. The van der Waals surface area contributed by atoms with Crippen molar-refractivity contribution in [3.05, 3.63) is 63.9 Å². The molecular formula is C17H15NO2S. The van der Waals surface area contributed by atoms with E-state index in [1.807, 2.05) is 24.4 Å². The second-order valence-electron chi connectivity index (χ2n) is 5.80. The van der Waals surface area contributed by atoms with Gasteiger partial charge in [-0.05, 0) is 11.6 Å². The van der Waals surface area contributed by atoms with E-state index in [9.17, 15) is 4.79 Å². The number of rotatable bonds is 2. The topological polar surface area (TPSA) is 31.2 Å². The molecule has 1 aliphatic heterocycles. The van der Waals surface area contributed by atoms with Crippen LogP contribution >= 0.6 is 11.3 Å². The molecule has 0 saturated carbocycles. The largest absolute Gasteiger partial charge is 0.379 e. The summed E-state index contributed by atoms with van der Waals surface area (Å²) in [5.74, 6) is 0. The maximum absolute atomic E-state index is 12.3. The standard InChI is InChI=1S/C17H15NO2S/c1-17(10-20-11-17)12-6-7-16(19)18(8-12)14-9-21-15-5-3-2-4-13(14)15/h2-9H,10-11H2,1H3. The van der Waals surface area contributed by atoms with Crippen LogP contribution in [0.2, 0.25) is 0 Å². The quantitative estimate of drug-likeness (QED) is 0.726. The van der Waals surface area contributed by atoms with Crippen LogP contribution in [-0.4, -0.2) is 17.8 Å². The molecule has 0 amide bonds. The summed E-state index contributed by atoms with van der Waals surface area (Å²) in [6, 6.07) is 11.8. The number of nitrogens with zero attached hydrogens (tertiary/aromatic N) is 1. The average Bonchev–Trinajstić information content (AvgIpc) is 2.89. The molecule has 3 nitrogen and oxygen atoms in total. The minimum absolute atomic E-state index is 0.00569. The van der Waals surface area contributed by atoms with Gasteiger partial charge in [0.15, 0.2) is 0 Å². The normalized spacial score (nSPS) is 16.8. The highest BCUT2D eigenvalue weighted by Crippen LogP contribution is 2.32. The third kappa shape index (κ3) is 1.94. The molecule has 1 aliphatic rings. The molecule has 3 heterocycles. The molecule has 2 aromatic heterocycles. The van der Waals surface area contributed by atoms with Crippen molar-refractivity contribution in [2.24, 2.45) is 0 Å². The number of thiophene rings is 1. The summed E-state index contributed by atoms with van der Waals surface area (Å²) >= 11 is 1.67. The molecule has 0 radical (unpaired) electrons. The Morgan fingerprint density at radius 3 is 2.76 bits per heavy atom. The van der Waals surface area contributed by atoms with Gasteiger partial charge < -0.3 is 4.74 Å². The zero-order valence-corrected chi connectivity index (χ0v) is 12.5. The third-order valence-corrected chi connectivity index (χ3v) is 5.12. The van der Waals surface area contributed by atoms with Gasteiger partial charge in [-0.3, -0.25) is 9.36 Å². The van der Waals surface area contributed by atoms with Crippen molar-refractivity contribution >= 4 is 21.4 Å². The van der Waals surface area contributed by atoms with Gasteiger partial charge in [-0.1, -0.05) is 31.2 Å². The van der Waals surface area contributed by atoms with E-state index < -0.39 is 0 Å². The van der Waals surface area contributed by atoms with Gasteiger partial charge >= 0.3 is 0 Å². The number of hydrogen-bond acceptors (Lipinski definition) is 3. The van der Waals surface area contributed by atoms with Gasteiger partial charge in [0.1, 0.15) is 0 Å². The Balaban J connectivity index is 1.92. The van der Waals surface area contributed by atoms with Crippen molar-refractivity contribution in [1.29, 1.82) is 0 Å². The molecule has 0 atom stereocenters. The molecule has 4 rings (SSSR count). The molecule has 0 spiro atoms. The van der Waals surface area contributed by atoms with Crippen molar-refractivity contribution in [2.45, 2.75) is 12.3 Å². The fourth-order valence-electron chi connectivity index (χ4n) is 2.76. The number of aromatic nitrogens is 1. The van der Waals surface area contributed by atoms with Gasteiger partial charge in [0.25, 0.3) is 5.56 Å². The Morgan fingerprint density at radius 1 is 1.19 bits per heavy atom. The second-order valence-corrected chi connectivity index (χ2v) is 6.71. The molecule has 106 valence electrons. The van der Waals surface area contributed by atoms with Crippen LogP contribution in [0.3, 0.4) is 0 Å². The Bertz CT molecular complexity index is 874. The fraction of sp³-hybridized carbons (Fsp3) is 0.235. The predicted octanol–water partition coefficient (Wildman–Crippen LogP) is 3.34. The van der Waals surface area contributed by atoms with Crippen LogP contribution in [0.5, 0.6) is 0 Å². The second kappa shape index (κ2) is 4.55. The summed E-state index contributed by atoms with van der Waals surface area (Å²) < 4.78 is 8.30. The maximum atomic E-state index is 12.3. The molecule has 1 saturated heterocycles. The van der Waals surface area contributed by atoms with Crippen molar-refractivity contribution in [3.63, 3.8) is 0 Å². The Kier molecular flexibility index (Phi) is 2.77. The monoisotopic (exact) mass is 297 g/mol. The van der Waals surface area contributed by atoms with Crippen LogP contribution in [0.25, 0.3) is 15.8 Å². The van der Waals surface area contributed by atoms with Gasteiger partial charge in [-0.25, -0.2) is 0 Å². The van der Waals surface area contributed by atoms with E-state index in [2.05, 4.69) is 24.4 Å². The lowest BCUT2D eigenvalue weighted by Gasteiger charge is -2.38. The summed E-state index contributed by atoms with van der Waals surface area (Å²) in [5.41, 5.74) is 2.16. The molecule has 0 bridgehead atoms. The molecule has 1 fully saturated rings. The van der Waals surface area contributed by atoms with Gasteiger partial charge in [-0.2, -0.15) is 0 Å². The van der Waals surface area contributed by atoms with Crippen LogP contribution in [0.1, 0.15) is 12.5 Å². The zero-order chi connectivity index (χ0) is 14.4. The summed E-state index contributed by atoms with van der Waals surface area (Å²) in [6.07, 6.45) is 1.97. The fourth-order valence-corrected chi connectivity index (χ4v) is 3.69. The van der Waals surface area contributed by atoms with Crippen LogP contribution in [0, 0.1) is 0 Å². The van der Waals surface area contributed by atoms with Crippen molar-refractivity contribution in [2.75, 3.05) is 13.2 Å². The summed E-state index contributed by atoms with van der Waals surface area (Å²) in [4.78, 5) is 12.3. The molecule has 3 aromatic rings. The SMILES string of the molecule is CC1(c2ccc(=O)n(-c3csc4ccccc34)c2)COC1. The highest BCUT2D eigenvalue weighted by Gasteiger charge is 2.35. The van der Waals surface area contributed by atoms with E-state index in [0.29, 0.717) is 0 Å². The van der Waals surface area contributed by atoms with Gasteiger partial charge in [0, 0.05) is 33.1 Å². The third-order valence-electron chi connectivity index (χ3n) is 4.17. The first-order chi connectivity index (χ1) is 10.2. The Hall–Kier alpha value is -1.91. The minimum Gasteiger partial charge on any atom is -0.379 e. The zero-order valence-electron chi connectivity index (χ0n) is 11.7. The minimum atomic E-state index is 0.00569. The van der Waals surface area contributed by atoms with E-state index in [1.54, 1.807) is 22.0 Å². The lowest BCUT2D eigenvalue weighted by Crippen LogP contribution is -2.44. The lowest BCUT2D eigenvalue weighted by molar-refractivity contribution is -0.0502. The maximum Gasteiger partial charge on any atom is 0.255 e. The first-order valence-electron chi connectivity index (χ1n) is 6.95. The summed E-state index contributed by atoms with van der Waals surface area (Å²) in [5, 5.41) is 3.17. The molecule has 0 unspecified atom stereocenters. The number of fused-ring (bicyclic) bond motifs is 1. The van der Waals surface area contributed by atoms with E-state index in [-0.39, 0.29) is 11.0 Å². The van der Waals surface area contributed by atoms with Gasteiger partial charge in [0.2, 0.25) is 0 Å². The van der Waals surface area contributed by atoms with Gasteiger partial charge in [-0.15, -0.1) is 11.3 Å². The Labute approximate surface area is 126 Å². The van der Waals surface area contributed by atoms with Gasteiger partial charge in [0.05, 0.1) is 18.9 Å². The highest BCUT2D eigenvalue weighted by molar-refractivity contribution is 7.17. The summed E-state index contributed by atoms with van der Waals surface area (Å²) in [6.45, 7) is 3.61. The van der Waals surface area contributed by atoms with Crippen molar-refractivity contribution in [1.82, 2.24) is 4.57 Å². The molecular weight excluding hydrogens is 282 g/mol. The number of benzene rings is 1. The number of pyridine rings is 1. The van der Waals surface area contributed by atoms with E-state index >= 15 is 0 Å². The van der Waals surface area contributed by atoms with E-state index in [0.717, 1.165) is 29.9 Å². The lowest BCUT2D eigenvalue weighted by atomic mass is 9.82. The number of ether oxygens (including phenoxy) is 1.